The molecule has 2 saturated heterocycles. The Hall–Kier alpha value is -4.11. The fourth-order valence-electron chi connectivity index (χ4n) is 5.12. The third-order valence-corrected chi connectivity index (χ3v) is 7.15. The predicted molar refractivity (Wildman–Crippen MR) is 136 cm³/mol. The summed E-state index contributed by atoms with van der Waals surface area (Å²) in [5.74, 6) is -4.55. The number of fused-ring (bicyclic) bond motifs is 1. The Morgan fingerprint density at radius 3 is 2.52 bits per heavy atom. The average Bonchev–Trinajstić information content (AvgIpc) is 3.30. The van der Waals surface area contributed by atoms with Gasteiger partial charge >= 0.3 is 6.09 Å². The lowest BCUT2D eigenvalue weighted by Crippen LogP contribution is -2.48. The van der Waals surface area contributed by atoms with E-state index < -0.39 is 62.7 Å². The van der Waals surface area contributed by atoms with E-state index in [1.807, 2.05) is 0 Å². The molecule has 0 bridgehead atoms. The van der Waals surface area contributed by atoms with Crippen LogP contribution in [0.2, 0.25) is 0 Å². The van der Waals surface area contributed by atoms with Gasteiger partial charge in [-0.1, -0.05) is 0 Å². The lowest BCUT2D eigenvalue weighted by atomic mass is 9.87. The number of nitriles is 1. The zero-order valence-electron chi connectivity index (χ0n) is 22.2. The minimum Gasteiger partial charge on any atom is -0.450 e. The molecule has 12 heteroatoms. The van der Waals surface area contributed by atoms with E-state index in [1.54, 1.807) is 25.7 Å². The largest absolute Gasteiger partial charge is 0.450 e. The maximum atomic E-state index is 15.6. The van der Waals surface area contributed by atoms with Gasteiger partial charge in [0.05, 0.1) is 30.1 Å². The number of hydrogen-bond donors (Lipinski definition) is 0. The smallest absolute Gasteiger partial charge is 0.410 e. The normalized spacial score (nSPS) is 18.6. The molecule has 0 saturated carbocycles. The first kappa shape index (κ1) is 27.5. The van der Waals surface area contributed by atoms with Gasteiger partial charge in [-0.2, -0.15) is 5.26 Å². The minimum absolute atomic E-state index is 0.0469. The van der Waals surface area contributed by atoms with Crippen LogP contribution in [-0.2, 0) is 9.47 Å². The molecule has 1 spiro atoms. The van der Waals surface area contributed by atoms with Crippen LogP contribution in [0.4, 0.5) is 18.0 Å². The molecule has 3 heterocycles. The van der Waals surface area contributed by atoms with Crippen molar-refractivity contribution in [3.05, 3.63) is 64.0 Å². The van der Waals surface area contributed by atoms with Gasteiger partial charge in [0.2, 0.25) is 0 Å². The van der Waals surface area contributed by atoms with E-state index >= 15 is 4.39 Å². The molecule has 40 heavy (non-hydrogen) atoms. The molecule has 0 unspecified atom stereocenters. The van der Waals surface area contributed by atoms with E-state index in [-0.39, 0.29) is 18.2 Å². The first-order valence-electron chi connectivity index (χ1n) is 12.8. The van der Waals surface area contributed by atoms with Gasteiger partial charge in [0.15, 0.2) is 23.1 Å². The van der Waals surface area contributed by atoms with Gasteiger partial charge in [-0.15, -0.1) is 0 Å². The molecule has 2 fully saturated rings. The van der Waals surface area contributed by atoms with Gasteiger partial charge in [-0.25, -0.2) is 22.9 Å². The second kappa shape index (κ2) is 10.1. The zero-order valence-corrected chi connectivity index (χ0v) is 22.2. The molecule has 1 amide bonds. The Labute approximate surface area is 227 Å². The van der Waals surface area contributed by atoms with Crippen molar-refractivity contribution in [3.8, 4) is 17.6 Å². The number of piperidine rings is 1. The van der Waals surface area contributed by atoms with Gasteiger partial charge in [0, 0.05) is 13.1 Å². The van der Waals surface area contributed by atoms with Crippen molar-refractivity contribution in [2.75, 3.05) is 19.7 Å². The number of hydrogen-bond acceptors (Lipinski definition) is 7. The van der Waals surface area contributed by atoms with E-state index in [1.165, 1.54) is 23.0 Å². The molecule has 1 atom stereocenters. The number of amides is 1. The molecule has 2 aliphatic rings. The number of rotatable bonds is 3. The molecule has 0 aliphatic carbocycles. The maximum absolute atomic E-state index is 15.6. The summed E-state index contributed by atoms with van der Waals surface area (Å²) in [5.41, 5.74) is -2.52. The van der Waals surface area contributed by atoms with E-state index in [9.17, 15) is 23.6 Å². The zero-order chi connectivity index (χ0) is 28.8. The second-order valence-corrected chi connectivity index (χ2v) is 11.0. The maximum Gasteiger partial charge on any atom is 0.410 e. The van der Waals surface area contributed by atoms with Crippen LogP contribution in [-0.4, -0.2) is 51.4 Å². The third-order valence-electron chi connectivity index (χ3n) is 7.15. The number of carbonyl (C=O) groups excluding carboxylic acids is 1. The molecular weight excluding hydrogens is 529 g/mol. The van der Waals surface area contributed by atoms with E-state index in [4.69, 9.17) is 14.2 Å². The van der Waals surface area contributed by atoms with Crippen LogP contribution in [0.1, 0.15) is 51.6 Å². The Morgan fingerprint density at radius 1 is 1.15 bits per heavy atom. The Balaban J connectivity index is 1.38. The van der Waals surface area contributed by atoms with Crippen LogP contribution in [0.15, 0.2) is 35.4 Å². The summed E-state index contributed by atoms with van der Waals surface area (Å²) in [6, 6.07) is 5.04. The van der Waals surface area contributed by atoms with Gasteiger partial charge in [0.1, 0.15) is 28.4 Å². The summed E-state index contributed by atoms with van der Waals surface area (Å²) >= 11 is 0. The first-order valence-corrected chi connectivity index (χ1v) is 12.8. The number of nitrogens with zero attached hydrogens (tertiary/aromatic N) is 4. The minimum atomic E-state index is -1.11. The summed E-state index contributed by atoms with van der Waals surface area (Å²) in [4.78, 5) is 31.7. The Morgan fingerprint density at radius 2 is 1.85 bits per heavy atom. The number of carbonyl (C=O) groups is 1. The average molecular weight is 557 g/mol. The molecule has 2 aromatic carbocycles. The van der Waals surface area contributed by atoms with Gasteiger partial charge < -0.3 is 19.1 Å². The van der Waals surface area contributed by atoms with Crippen LogP contribution < -0.4 is 10.3 Å². The molecule has 0 radical (unpaired) electrons. The number of halogens is 3. The third kappa shape index (κ3) is 5.09. The van der Waals surface area contributed by atoms with Crippen LogP contribution in [0, 0.1) is 28.8 Å². The Bertz CT molecular complexity index is 1590. The predicted octanol–water partition coefficient (Wildman–Crippen LogP) is 5.21. The number of likely N-dealkylation sites (tertiary alicyclic amines) is 1. The van der Waals surface area contributed by atoms with Gasteiger partial charge in [-0.3, -0.25) is 9.36 Å². The summed E-state index contributed by atoms with van der Waals surface area (Å²) in [6.45, 7) is 6.47. The Kier molecular flexibility index (Phi) is 6.95. The van der Waals surface area contributed by atoms with Crippen LogP contribution in [0.5, 0.6) is 11.5 Å². The van der Waals surface area contributed by atoms with E-state index in [0.29, 0.717) is 32.4 Å². The summed E-state index contributed by atoms with van der Waals surface area (Å²) in [7, 11) is 0. The first-order chi connectivity index (χ1) is 18.9. The summed E-state index contributed by atoms with van der Waals surface area (Å²) in [6.07, 6.45) is 2.49. The standard InChI is InChI=1S/C28H27F3N4O5/c1-27(2,3)40-26(37)34-10-8-28(9-11-34)12-16(14-38-28)35-15-33-20-6-7-21(23(31)22(20)25(35)36)39-24-17(13-32)18(29)4-5-19(24)30/h4-7,15-16H,8-12,14H2,1-3H3/t16-/m0/s1. The van der Waals surface area contributed by atoms with Crippen LogP contribution >= 0.6 is 0 Å². The highest BCUT2D eigenvalue weighted by Crippen LogP contribution is 2.41. The lowest BCUT2D eigenvalue weighted by Gasteiger charge is -2.39. The van der Waals surface area contributed by atoms with Crippen molar-refractivity contribution < 1.29 is 32.2 Å². The SMILES string of the molecule is CC(C)(C)OC(=O)N1CCC2(CC1)C[C@H](n1cnc3ccc(Oc4c(F)ccc(F)c4C#N)c(F)c3c1=O)CO2. The van der Waals surface area contributed by atoms with Crippen LogP contribution in [0.25, 0.3) is 10.9 Å². The van der Waals surface area contributed by atoms with Crippen molar-refractivity contribution in [2.45, 2.75) is 57.3 Å². The molecule has 3 aromatic rings. The van der Waals surface area contributed by atoms with Crippen molar-refractivity contribution in [1.82, 2.24) is 14.5 Å². The van der Waals surface area contributed by atoms with Crippen LogP contribution in [0.3, 0.4) is 0 Å². The molecule has 1 aromatic heterocycles. The fourth-order valence-corrected chi connectivity index (χ4v) is 5.12. The van der Waals surface area contributed by atoms with Gasteiger partial charge in [0.25, 0.3) is 5.56 Å². The molecule has 2 aliphatic heterocycles. The number of aromatic nitrogens is 2. The van der Waals surface area contributed by atoms with Gasteiger partial charge in [-0.05, 0) is 64.3 Å². The number of ether oxygens (including phenoxy) is 3. The quantitative estimate of drug-likeness (QED) is 0.436. The summed E-state index contributed by atoms with van der Waals surface area (Å²) < 4.78 is 62.0. The van der Waals surface area contributed by atoms with E-state index in [0.717, 1.165) is 18.2 Å². The molecule has 210 valence electrons. The molecule has 5 rings (SSSR count). The van der Waals surface area contributed by atoms with Crippen molar-refractivity contribution in [2.24, 2.45) is 0 Å². The monoisotopic (exact) mass is 556 g/mol. The topological polar surface area (TPSA) is 107 Å². The molecular formula is C28H27F3N4O5. The van der Waals surface area contributed by atoms with Crippen molar-refractivity contribution >= 4 is 17.0 Å². The highest BCUT2D eigenvalue weighted by Gasteiger charge is 2.45. The van der Waals surface area contributed by atoms with Crippen molar-refractivity contribution in [3.63, 3.8) is 0 Å². The highest BCUT2D eigenvalue weighted by molar-refractivity contribution is 5.80. The lowest BCUT2D eigenvalue weighted by molar-refractivity contribution is -0.0486. The molecule has 0 N–H and O–H groups in total. The summed E-state index contributed by atoms with van der Waals surface area (Å²) in [5, 5.41) is 8.81. The second-order valence-electron chi connectivity index (χ2n) is 11.0. The number of benzene rings is 2. The highest BCUT2D eigenvalue weighted by atomic mass is 19.1. The van der Waals surface area contributed by atoms with E-state index in [2.05, 4.69) is 4.98 Å². The molecule has 9 nitrogen and oxygen atoms in total. The fraction of sp³-hybridized carbons (Fsp3) is 0.429. The van der Waals surface area contributed by atoms with Crippen molar-refractivity contribution in [1.29, 1.82) is 5.26 Å².